The third-order valence-electron chi connectivity index (χ3n) is 2.82. The van der Waals surface area contributed by atoms with Gasteiger partial charge in [-0.15, -0.1) is 11.8 Å². The molecule has 2 N–H and O–H groups in total. The minimum Gasteiger partial charge on any atom is -0.298 e. The van der Waals surface area contributed by atoms with Crippen LogP contribution in [0.4, 0.5) is 5.69 Å². The van der Waals surface area contributed by atoms with Crippen molar-refractivity contribution in [3.63, 3.8) is 0 Å². The minimum absolute atomic E-state index is 0.255. The summed E-state index contributed by atoms with van der Waals surface area (Å²) in [4.78, 5) is 13.2. The van der Waals surface area contributed by atoms with Crippen molar-refractivity contribution in [2.75, 3.05) is 11.7 Å². The zero-order valence-electron chi connectivity index (χ0n) is 11.2. The lowest BCUT2D eigenvalue weighted by atomic mass is 10.1. The molecule has 0 bridgehead atoms. The number of hydrazine groups is 1. The average molecular weight is 307 g/mol. The van der Waals surface area contributed by atoms with E-state index in [1.807, 2.05) is 55.6 Å². The number of thioether (sulfide) groups is 1. The topological polar surface area (TPSA) is 41.1 Å². The monoisotopic (exact) mass is 306 g/mol. The van der Waals surface area contributed by atoms with Crippen molar-refractivity contribution in [3.05, 3.63) is 58.6 Å². The van der Waals surface area contributed by atoms with Crippen molar-refractivity contribution in [1.82, 2.24) is 5.43 Å². The Balaban J connectivity index is 2.13. The molecule has 0 aliphatic carbocycles. The van der Waals surface area contributed by atoms with Gasteiger partial charge in [0.1, 0.15) is 0 Å². The predicted molar refractivity (Wildman–Crippen MR) is 85.5 cm³/mol. The Morgan fingerprint density at radius 3 is 2.55 bits per heavy atom. The summed E-state index contributed by atoms with van der Waals surface area (Å²) in [6, 6.07) is 13.0. The quantitative estimate of drug-likeness (QED) is 0.659. The van der Waals surface area contributed by atoms with E-state index in [0.717, 1.165) is 16.1 Å². The van der Waals surface area contributed by atoms with E-state index in [1.54, 1.807) is 11.8 Å². The van der Waals surface area contributed by atoms with E-state index in [2.05, 4.69) is 10.9 Å². The highest BCUT2D eigenvalue weighted by Crippen LogP contribution is 2.27. The maximum Gasteiger partial charge on any atom is 0.271 e. The number of hydrogen-bond acceptors (Lipinski definition) is 3. The van der Waals surface area contributed by atoms with E-state index in [0.29, 0.717) is 10.6 Å². The van der Waals surface area contributed by atoms with Gasteiger partial charge in [-0.3, -0.25) is 15.6 Å². The fraction of sp³-hybridized carbons (Fsp3) is 0.133. The number of anilines is 1. The van der Waals surface area contributed by atoms with Gasteiger partial charge in [0.05, 0.1) is 16.3 Å². The highest BCUT2D eigenvalue weighted by atomic mass is 35.5. The van der Waals surface area contributed by atoms with Gasteiger partial charge >= 0.3 is 0 Å². The number of hydrogen-bond donors (Lipinski definition) is 2. The Morgan fingerprint density at radius 1 is 1.20 bits per heavy atom. The third kappa shape index (κ3) is 3.46. The van der Waals surface area contributed by atoms with Crippen LogP contribution in [-0.4, -0.2) is 12.2 Å². The van der Waals surface area contributed by atoms with E-state index >= 15 is 0 Å². The van der Waals surface area contributed by atoms with Gasteiger partial charge in [-0.2, -0.15) is 0 Å². The summed E-state index contributed by atoms with van der Waals surface area (Å²) < 4.78 is 0. The summed E-state index contributed by atoms with van der Waals surface area (Å²) in [6.45, 7) is 1.97. The van der Waals surface area contributed by atoms with Crippen LogP contribution in [0.3, 0.4) is 0 Å². The normalized spacial score (nSPS) is 10.2. The minimum atomic E-state index is -0.255. The first kappa shape index (κ1) is 14.8. The molecule has 3 nitrogen and oxygen atoms in total. The van der Waals surface area contributed by atoms with Gasteiger partial charge in [-0.05, 0) is 43.0 Å². The molecule has 0 atom stereocenters. The average Bonchev–Trinajstić information content (AvgIpc) is 2.46. The molecule has 1 amide bonds. The Morgan fingerprint density at radius 2 is 1.90 bits per heavy atom. The molecule has 2 aromatic carbocycles. The Kier molecular flexibility index (Phi) is 4.93. The van der Waals surface area contributed by atoms with Crippen LogP contribution in [0.25, 0.3) is 0 Å². The van der Waals surface area contributed by atoms with Crippen LogP contribution in [0.1, 0.15) is 15.9 Å². The molecule has 2 rings (SSSR count). The van der Waals surface area contributed by atoms with Crippen molar-refractivity contribution in [2.24, 2.45) is 0 Å². The zero-order valence-corrected chi connectivity index (χ0v) is 12.8. The standard InChI is InChI=1S/C15H15ClN2OS/c1-10-8-13(16)12(9-14(10)20-2)15(19)18-17-11-6-4-3-5-7-11/h3-9,17H,1-2H3,(H,18,19). The zero-order chi connectivity index (χ0) is 14.5. The van der Waals surface area contributed by atoms with E-state index in [1.165, 1.54) is 0 Å². The van der Waals surface area contributed by atoms with Crippen LogP contribution in [0.5, 0.6) is 0 Å². The van der Waals surface area contributed by atoms with Gasteiger partial charge in [0.15, 0.2) is 0 Å². The van der Waals surface area contributed by atoms with Gasteiger partial charge in [0.2, 0.25) is 0 Å². The van der Waals surface area contributed by atoms with Crippen molar-refractivity contribution >= 4 is 35.0 Å². The molecular weight excluding hydrogens is 292 g/mol. The molecule has 0 radical (unpaired) electrons. The Bertz CT molecular complexity index is 617. The van der Waals surface area contributed by atoms with Gasteiger partial charge < -0.3 is 0 Å². The largest absolute Gasteiger partial charge is 0.298 e. The van der Waals surface area contributed by atoms with E-state index in [9.17, 15) is 4.79 Å². The molecule has 5 heteroatoms. The molecule has 0 spiro atoms. The van der Waals surface area contributed by atoms with Crippen LogP contribution in [0.2, 0.25) is 5.02 Å². The smallest absolute Gasteiger partial charge is 0.271 e. The molecule has 0 fully saturated rings. The van der Waals surface area contributed by atoms with E-state index < -0.39 is 0 Å². The van der Waals surface area contributed by atoms with Gasteiger partial charge in [-0.25, -0.2) is 0 Å². The first-order valence-electron chi connectivity index (χ1n) is 6.07. The number of halogens is 1. The lowest BCUT2D eigenvalue weighted by Gasteiger charge is -2.11. The second kappa shape index (κ2) is 6.68. The third-order valence-corrected chi connectivity index (χ3v) is 4.02. The maximum atomic E-state index is 12.2. The fourth-order valence-electron chi connectivity index (χ4n) is 1.76. The molecule has 0 aliphatic heterocycles. The summed E-state index contributed by atoms with van der Waals surface area (Å²) in [5, 5.41) is 0.452. The predicted octanol–water partition coefficient (Wildman–Crippen LogP) is 4.13. The fourth-order valence-corrected chi connectivity index (χ4v) is 2.69. The number of benzene rings is 2. The summed E-state index contributed by atoms with van der Waals surface area (Å²) in [5.74, 6) is -0.255. The molecule has 0 saturated heterocycles. The summed E-state index contributed by atoms with van der Waals surface area (Å²) in [7, 11) is 0. The van der Waals surface area contributed by atoms with Crippen molar-refractivity contribution in [1.29, 1.82) is 0 Å². The summed E-state index contributed by atoms with van der Waals surface area (Å²) >= 11 is 7.73. The summed E-state index contributed by atoms with van der Waals surface area (Å²) in [6.07, 6.45) is 1.97. The number of rotatable bonds is 4. The lowest BCUT2D eigenvalue weighted by molar-refractivity contribution is 0.0962. The van der Waals surface area contributed by atoms with Crippen molar-refractivity contribution < 1.29 is 4.79 Å². The lowest BCUT2D eigenvalue weighted by Crippen LogP contribution is -2.29. The second-order valence-electron chi connectivity index (χ2n) is 4.25. The molecule has 0 saturated carbocycles. The van der Waals surface area contributed by atoms with Gasteiger partial charge in [-0.1, -0.05) is 29.8 Å². The van der Waals surface area contributed by atoms with Crippen LogP contribution >= 0.6 is 23.4 Å². The second-order valence-corrected chi connectivity index (χ2v) is 5.50. The molecule has 0 heterocycles. The van der Waals surface area contributed by atoms with E-state index in [4.69, 9.17) is 11.6 Å². The molecule has 2 aromatic rings. The Hall–Kier alpha value is -1.65. The molecular formula is C15H15ClN2OS. The first-order valence-corrected chi connectivity index (χ1v) is 7.67. The molecule has 0 aliphatic rings. The van der Waals surface area contributed by atoms with Crippen molar-refractivity contribution in [2.45, 2.75) is 11.8 Å². The Labute approximate surface area is 127 Å². The highest BCUT2D eigenvalue weighted by Gasteiger charge is 2.12. The SMILES string of the molecule is CSc1cc(C(=O)NNc2ccccc2)c(Cl)cc1C. The maximum absolute atomic E-state index is 12.2. The van der Waals surface area contributed by atoms with Crippen LogP contribution < -0.4 is 10.9 Å². The van der Waals surface area contributed by atoms with Crippen LogP contribution in [0.15, 0.2) is 47.4 Å². The highest BCUT2D eigenvalue weighted by molar-refractivity contribution is 7.98. The number of nitrogens with one attached hydrogen (secondary N) is 2. The van der Waals surface area contributed by atoms with Gasteiger partial charge in [0.25, 0.3) is 5.91 Å². The number of para-hydroxylation sites is 1. The van der Waals surface area contributed by atoms with Crippen molar-refractivity contribution in [3.8, 4) is 0 Å². The summed E-state index contributed by atoms with van der Waals surface area (Å²) in [5.41, 5.74) is 7.84. The number of aryl methyl sites for hydroxylation is 1. The molecule has 0 aromatic heterocycles. The first-order chi connectivity index (χ1) is 9.61. The molecule has 0 unspecified atom stereocenters. The molecule has 104 valence electrons. The van der Waals surface area contributed by atoms with Crippen LogP contribution in [-0.2, 0) is 0 Å². The van der Waals surface area contributed by atoms with Gasteiger partial charge in [0, 0.05) is 4.90 Å². The van der Waals surface area contributed by atoms with E-state index in [-0.39, 0.29) is 5.91 Å². The number of carbonyl (C=O) groups is 1. The van der Waals surface area contributed by atoms with Crippen LogP contribution in [0, 0.1) is 6.92 Å². The number of carbonyl (C=O) groups excluding carboxylic acids is 1. The molecule has 20 heavy (non-hydrogen) atoms. The number of amides is 1.